The van der Waals surface area contributed by atoms with E-state index in [1.807, 2.05) is 0 Å². The van der Waals surface area contributed by atoms with Crippen LogP contribution in [0.15, 0.2) is 42.6 Å². The Kier molecular flexibility index (Phi) is 3.93. The molecule has 0 aliphatic rings. The molecule has 100 valence electrons. The molecule has 20 heavy (non-hydrogen) atoms. The van der Waals surface area contributed by atoms with Gasteiger partial charge in [-0.25, -0.2) is 10.8 Å². The zero-order valence-corrected chi connectivity index (χ0v) is 10.9. The third kappa shape index (κ3) is 2.58. The van der Waals surface area contributed by atoms with Gasteiger partial charge in [0, 0.05) is 13.2 Å². The predicted molar refractivity (Wildman–Crippen MR) is 75.9 cm³/mol. The zero-order chi connectivity index (χ0) is 14.5. The maximum atomic E-state index is 12.3. The van der Waals surface area contributed by atoms with Gasteiger partial charge in [-0.15, -0.1) is 0 Å². The summed E-state index contributed by atoms with van der Waals surface area (Å²) >= 11 is 0. The molecule has 0 atom stereocenters. The summed E-state index contributed by atoms with van der Waals surface area (Å²) in [5.41, 5.74) is 3.81. The highest BCUT2D eigenvalue weighted by Crippen LogP contribution is 2.20. The van der Waals surface area contributed by atoms with Gasteiger partial charge in [-0.3, -0.25) is 4.79 Å². The van der Waals surface area contributed by atoms with Crippen LogP contribution in [0.25, 0.3) is 0 Å². The van der Waals surface area contributed by atoms with E-state index in [1.165, 1.54) is 11.1 Å². The van der Waals surface area contributed by atoms with Gasteiger partial charge in [0.1, 0.15) is 11.9 Å². The minimum atomic E-state index is -0.247. The Morgan fingerprint density at radius 2 is 2.10 bits per heavy atom. The normalized spacial score (nSPS) is 9.65. The molecule has 1 heterocycles. The Balaban J connectivity index is 2.30. The number of benzene rings is 1. The summed E-state index contributed by atoms with van der Waals surface area (Å²) in [5, 5.41) is 9.07. The number of nitrogens with one attached hydrogen (secondary N) is 1. The van der Waals surface area contributed by atoms with E-state index in [2.05, 4.69) is 16.5 Å². The molecule has 0 saturated carbocycles. The van der Waals surface area contributed by atoms with Crippen molar-refractivity contribution in [2.45, 2.75) is 0 Å². The minimum Gasteiger partial charge on any atom is -0.310 e. The lowest BCUT2D eigenvalue weighted by Crippen LogP contribution is -2.27. The highest BCUT2D eigenvalue weighted by molar-refractivity contribution is 6.06. The maximum Gasteiger partial charge on any atom is 0.259 e. The summed E-state index contributed by atoms with van der Waals surface area (Å²) < 4.78 is 0. The lowest BCUT2D eigenvalue weighted by Gasteiger charge is -2.18. The van der Waals surface area contributed by atoms with Gasteiger partial charge in [0.15, 0.2) is 0 Å². The van der Waals surface area contributed by atoms with Crippen LogP contribution in [0.1, 0.15) is 15.9 Å². The molecular weight excluding hydrogens is 254 g/mol. The largest absolute Gasteiger partial charge is 0.310 e. The average Bonchev–Trinajstić information content (AvgIpc) is 2.53. The van der Waals surface area contributed by atoms with Crippen LogP contribution in [0.5, 0.6) is 0 Å². The first-order valence-corrected chi connectivity index (χ1v) is 5.87. The van der Waals surface area contributed by atoms with Gasteiger partial charge in [-0.1, -0.05) is 12.1 Å². The molecule has 3 N–H and O–H groups in total. The topological polar surface area (TPSA) is 95.0 Å². The van der Waals surface area contributed by atoms with E-state index in [4.69, 9.17) is 11.1 Å². The van der Waals surface area contributed by atoms with Gasteiger partial charge in [0.25, 0.3) is 5.91 Å². The summed E-state index contributed by atoms with van der Waals surface area (Å²) in [6.07, 6.45) is 1.43. The quantitative estimate of drug-likeness (QED) is 0.649. The fourth-order valence-electron chi connectivity index (χ4n) is 1.77. The van der Waals surface area contributed by atoms with Crippen LogP contribution >= 0.6 is 0 Å². The number of anilines is 2. The summed E-state index contributed by atoms with van der Waals surface area (Å²) in [5.74, 6) is 5.45. The lowest BCUT2D eigenvalue weighted by molar-refractivity contribution is 0.0992. The standard InChI is InChI=1S/C14H13N5O/c1-19(12-5-3-2-4-10(12)8-15)14(20)11-6-7-13(18-16)17-9-11/h2-7,9H,16H2,1H3,(H,17,18). The Hall–Kier alpha value is -2.91. The van der Waals surface area contributed by atoms with Crippen molar-refractivity contribution in [1.82, 2.24) is 4.98 Å². The van der Waals surface area contributed by atoms with Crippen molar-refractivity contribution in [3.63, 3.8) is 0 Å². The van der Waals surface area contributed by atoms with E-state index in [0.717, 1.165) is 0 Å². The molecule has 1 aromatic heterocycles. The molecule has 1 amide bonds. The molecule has 0 saturated heterocycles. The zero-order valence-electron chi connectivity index (χ0n) is 10.9. The number of hydrogen-bond donors (Lipinski definition) is 2. The van der Waals surface area contributed by atoms with Crippen LogP contribution in [0.4, 0.5) is 11.5 Å². The minimum absolute atomic E-state index is 0.247. The molecule has 2 rings (SSSR count). The maximum absolute atomic E-state index is 12.3. The molecule has 0 aliphatic carbocycles. The molecule has 2 aromatic rings. The van der Waals surface area contributed by atoms with Crippen molar-refractivity contribution in [2.24, 2.45) is 5.84 Å². The molecule has 6 heteroatoms. The van der Waals surface area contributed by atoms with Crippen LogP contribution < -0.4 is 16.2 Å². The number of hydrazine groups is 1. The Bertz CT molecular complexity index is 660. The summed E-state index contributed by atoms with van der Waals surface area (Å²) in [6, 6.07) is 12.2. The second-order valence-electron chi connectivity index (χ2n) is 4.07. The molecule has 0 spiro atoms. The van der Waals surface area contributed by atoms with E-state index < -0.39 is 0 Å². The number of nitrogen functional groups attached to an aromatic ring is 1. The second-order valence-corrected chi connectivity index (χ2v) is 4.07. The molecule has 0 radical (unpaired) electrons. The van der Waals surface area contributed by atoms with E-state index in [-0.39, 0.29) is 5.91 Å². The van der Waals surface area contributed by atoms with Gasteiger partial charge in [-0.05, 0) is 24.3 Å². The number of pyridine rings is 1. The molecule has 0 aliphatic heterocycles. The molecule has 0 bridgehead atoms. The summed E-state index contributed by atoms with van der Waals surface area (Å²) in [7, 11) is 1.62. The van der Waals surface area contributed by atoms with Gasteiger partial charge < -0.3 is 10.3 Å². The van der Waals surface area contributed by atoms with Crippen LogP contribution in [0.2, 0.25) is 0 Å². The highest BCUT2D eigenvalue weighted by atomic mass is 16.2. The van der Waals surface area contributed by atoms with Crippen molar-refractivity contribution < 1.29 is 4.79 Å². The smallest absolute Gasteiger partial charge is 0.259 e. The van der Waals surface area contributed by atoms with Crippen molar-refractivity contribution in [2.75, 3.05) is 17.4 Å². The Labute approximate surface area is 116 Å². The van der Waals surface area contributed by atoms with Gasteiger partial charge in [0.2, 0.25) is 0 Å². The second kappa shape index (κ2) is 5.82. The van der Waals surface area contributed by atoms with Crippen LogP contribution in [0.3, 0.4) is 0 Å². The van der Waals surface area contributed by atoms with Gasteiger partial charge in [0.05, 0.1) is 16.8 Å². The fraction of sp³-hybridized carbons (Fsp3) is 0.0714. The van der Waals surface area contributed by atoms with E-state index >= 15 is 0 Å². The van der Waals surface area contributed by atoms with Crippen molar-refractivity contribution in [3.05, 3.63) is 53.7 Å². The van der Waals surface area contributed by atoms with E-state index in [0.29, 0.717) is 22.6 Å². The molecule has 0 fully saturated rings. The average molecular weight is 267 g/mol. The molecular formula is C14H13N5O. The van der Waals surface area contributed by atoms with E-state index in [1.54, 1.807) is 43.4 Å². The van der Waals surface area contributed by atoms with Crippen LogP contribution in [-0.4, -0.2) is 17.9 Å². The molecule has 6 nitrogen and oxygen atoms in total. The summed E-state index contributed by atoms with van der Waals surface area (Å²) in [6.45, 7) is 0. The number of nitrogens with zero attached hydrogens (tertiary/aromatic N) is 3. The molecule has 0 unspecified atom stereocenters. The number of amides is 1. The highest BCUT2D eigenvalue weighted by Gasteiger charge is 2.16. The summed E-state index contributed by atoms with van der Waals surface area (Å²) in [4.78, 5) is 17.7. The Morgan fingerprint density at radius 3 is 2.70 bits per heavy atom. The van der Waals surface area contributed by atoms with Gasteiger partial charge in [-0.2, -0.15) is 5.26 Å². The number of para-hydroxylation sites is 1. The van der Waals surface area contributed by atoms with Crippen molar-refractivity contribution in [1.29, 1.82) is 5.26 Å². The lowest BCUT2D eigenvalue weighted by atomic mass is 10.1. The van der Waals surface area contributed by atoms with Crippen molar-refractivity contribution >= 4 is 17.4 Å². The van der Waals surface area contributed by atoms with Crippen LogP contribution in [0, 0.1) is 11.3 Å². The SMILES string of the molecule is CN(C(=O)c1ccc(NN)nc1)c1ccccc1C#N. The fourth-order valence-corrected chi connectivity index (χ4v) is 1.77. The third-order valence-corrected chi connectivity index (χ3v) is 2.85. The number of carbonyl (C=O) groups is 1. The van der Waals surface area contributed by atoms with Gasteiger partial charge >= 0.3 is 0 Å². The Morgan fingerprint density at radius 1 is 1.35 bits per heavy atom. The first-order valence-electron chi connectivity index (χ1n) is 5.87. The van der Waals surface area contributed by atoms with E-state index in [9.17, 15) is 4.79 Å². The molecule has 1 aromatic carbocycles. The first-order chi connectivity index (χ1) is 9.67. The number of carbonyl (C=O) groups excluding carboxylic acids is 1. The number of rotatable bonds is 3. The number of aromatic nitrogens is 1. The van der Waals surface area contributed by atoms with Crippen molar-refractivity contribution in [3.8, 4) is 6.07 Å². The van der Waals surface area contributed by atoms with Crippen LogP contribution in [-0.2, 0) is 0 Å². The third-order valence-electron chi connectivity index (χ3n) is 2.85. The predicted octanol–water partition coefficient (Wildman–Crippen LogP) is 1.52. The monoisotopic (exact) mass is 267 g/mol. The number of nitriles is 1. The number of nitrogens with two attached hydrogens (primary N) is 1. The number of hydrogen-bond acceptors (Lipinski definition) is 5. The first kappa shape index (κ1) is 13.5.